The summed E-state index contributed by atoms with van der Waals surface area (Å²) < 4.78 is 2.97. The zero-order chi connectivity index (χ0) is 22.0. The molecular weight excluding hydrogens is 416 g/mol. The first kappa shape index (κ1) is 22.1. The maximum Gasteiger partial charge on any atom is 0.259 e. The quantitative estimate of drug-likeness (QED) is 0.514. The first-order valence-corrected chi connectivity index (χ1v) is 11.5. The van der Waals surface area contributed by atoms with Crippen LogP contribution in [0.15, 0.2) is 34.5 Å². The molecule has 0 radical (unpaired) electrons. The number of aryl methyl sites for hydroxylation is 2. The fourth-order valence-electron chi connectivity index (χ4n) is 3.28. The number of amides is 2. The number of hydrogen-bond acceptors (Lipinski definition) is 5. The van der Waals surface area contributed by atoms with Crippen LogP contribution in [0.4, 0.5) is 5.13 Å². The summed E-state index contributed by atoms with van der Waals surface area (Å²) in [6, 6.07) is 10.3. The summed E-state index contributed by atoms with van der Waals surface area (Å²) in [6.07, 6.45) is 0. The monoisotopic (exact) mass is 442 g/mol. The summed E-state index contributed by atoms with van der Waals surface area (Å²) in [7, 11) is 0. The van der Waals surface area contributed by atoms with Gasteiger partial charge < -0.3 is 10.3 Å². The van der Waals surface area contributed by atoms with E-state index < -0.39 is 0 Å². The third-order valence-corrected chi connectivity index (χ3v) is 7.25. The molecule has 2 amide bonds. The molecule has 2 heterocycles. The Hall–Kier alpha value is -2.58. The van der Waals surface area contributed by atoms with E-state index in [1.54, 1.807) is 0 Å². The number of nitrogens with zero attached hydrogens (tertiary/aromatic N) is 2. The van der Waals surface area contributed by atoms with Crippen molar-refractivity contribution in [2.24, 2.45) is 5.73 Å². The molecule has 158 valence electrons. The van der Waals surface area contributed by atoms with Crippen molar-refractivity contribution < 1.29 is 9.59 Å². The first-order valence-electron chi connectivity index (χ1n) is 9.66. The third kappa shape index (κ3) is 4.76. The number of nitrogens with two attached hydrogens (primary N) is 1. The van der Waals surface area contributed by atoms with Crippen LogP contribution in [0.25, 0.3) is 5.69 Å². The summed E-state index contributed by atoms with van der Waals surface area (Å²) >= 11 is 2.68. The van der Waals surface area contributed by atoms with E-state index in [9.17, 15) is 9.59 Å². The molecule has 0 bridgehead atoms. The van der Waals surface area contributed by atoms with E-state index in [-0.39, 0.29) is 17.6 Å². The number of primary amides is 1. The van der Waals surface area contributed by atoms with Gasteiger partial charge >= 0.3 is 0 Å². The van der Waals surface area contributed by atoms with Crippen LogP contribution in [0.5, 0.6) is 0 Å². The van der Waals surface area contributed by atoms with Crippen LogP contribution in [0.3, 0.4) is 0 Å². The number of carbonyl (C=O) groups excluding carboxylic acids is 2. The van der Waals surface area contributed by atoms with Gasteiger partial charge in [0, 0.05) is 17.1 Å². The van der Waals surface area contributed by atoms with Gasteiger partial charge in [-0.2, -0.15) is 0 Å². The van der Waals surface area contributed by atoms with Crippen molar-refractivity contribution in [1.29, 1.82) is 0 Å². The molecule has 0 saturated heterocycles. The average Bonchev–Trinajstić information content (AvgIpc) is 3.18. The number of hydrogen-bond donors (Lipinski definition) is 2. The van der Waals surface area contributed by atoms with Gasteiger partial charge in [-0.1, -0.05) is 37.3 Å². The number of rotatable bonds is 7. The van der Waals surface area contributed by atoms with Gasteiger partial charge in [-0.3, -0.25) is 14.9 Å². The SMILES string of the molecule is Cc1nc(NC(=O)c2cc(C)n(-c3cccc(C(C)C)c3)c2C)sc1SCC(N)=O. The van der Waals surface area contributed by atoms with Crippen LogP contribution in [-0.4, -0.2) is 27.1 Å². The van der Waals surface area contributed by atoms with Crippen molar-refractivity contribution in [1.82, 2.24) is 9.55 Å². The Bertz CT molecular complexity index is 1100. The lowest BCUT2D eigenvalue weighted by Gasteiger charge is -2.13. The van der Waals surface area contributed by atoms with Crippen LogP contribution in [-0.2, 0) is 4.79 Å². The Morgan fingerprint density at radius 3 is 2.63 bits per heavy atom. The molecular formula is C22H26N4O2S2. The number of thioether (sulfide) groups is 1. The second-order valence-electron chi connectivity index (χ2n) is 7.47. The molecule has 30 heavy (non-hydrogen) atoms. The molecule has 0 aliphatic rings. The minimum atomic E-state index is -0.382. The fourth-order valence-corrected chi connectivity index (χ4v) is 5.16. The summed E-state index contributed by atoms with van der Waals surface area (Å²) in [5, 5.41) is 3.41. The molecule has 0 spiro atoms. The van der Waals surface area contributed by atoms with Gasteiger partial charge in [0.2, 0.25) is 5.91 Å². The summed E-state index contributed by atoms with van der Waals surface area (Å²) in [4.78, 5) is 28.4. The predicted molar refractivity (Wildman–Crippen MR) is 124 cm³/mol. The van der Waals surface area contributed by atoms with Crippen molar-refractivity contribution in [2.45, 2.75) is 44.7 Å². The van der Waals surface area contributed by atoms with Crippen LogP contribution in [0.2, 0.25) is 0 Å². The van der Waals surface area contributed by atoms with Crippen molar-refractivity contribution in [3.05, 3.63) is 58.5 Å². The molecule has 8 heteroatoms. The summed E-state index contributed by atoms with van der Waals surface area (Å²) in [5.74, 6) is 0.0353. The number of anilines is 1. The summed E-state index contributed by atoms with van der Waals surface area (Å²) in [6.45, 7) is 10.1. The van der Waals surface area contributed by atoms with E-state index in [0.717, 1.165) is 27.0 Å². The zero-order valence-electron chi connectivity index (χ0n) is 17.8. The summed E-state index contributed by atoms with van der Waals surface area (Å²) in [5.41, 5.74) is 10.8. The van der Waals surface area contributed by atoms with E-state index in [4.69, 9.17) is 5.73 Å². The largest absolute Gasteiger partial charge is 0.369 e. The molecule has 0 aliphatic carbocycles. The van der Waals surface area contributed by atoms with Crippen LogP contribution >= 0.6 is 23.1 Å². The second-order valence-corrected chi connectivity index (χ2v) is 9.71. The normalized spacial score (nSPS) is 11.1. The number of aromatic nitrogens is 2. The van der Waals surface area contributed by atoms with Gasteiger partial charge in [0.15, 0.2) is 5.13 Å². The molecule has 1 aromatic carbocycles. The third-order valence-electron chi connectivity index (χ3n) is 4.79. The Labute approximate surface area is 184 Å². The molecule has 0 fully saturated rings. The molecule has 3 aromatic rings. The molecule has 0 atom stereocenters. The Kier molecular flexibility index (Phi) is 6.67. The van der Waals surface area contributed by atoms with Gasteiger partial charge in [0.1, 0.15) is 0 Å². The Balaban J connectivity index is 1.85. The van der Waals surface area contributed by atoms with Gasteiger partial charge in [-0.25, -0.2) is 4.98 Å². The highest BCUT2D eigenvalue weighted by Crippen LogP contribution is 2.32. The number of thiazole rings is 1. The van der Waals surface area contributed by atoms with Gasteiger partial charge in [0.05, 0.1) is 21.2 Å². The highest BCUT2D eigenvalue weighted by Gasteiger charge is 2.19. The van der Waals surface area contributed by atoms with Crippen molar-refractivity contribution >= 4 is 40.0 Å². The second kappa shape index (κ2) is 9.06. The van der Waals surface area contributed by atoms with Crippen LogP contribution in [0.1, 0.15) is 52.8 Å². The first-order chi connectivity index (χ1) is 14.2. The smallest absolute Gasteiger partial charge is 0.259 e. The maximum absolute atomic E-state index is 13.0. The minimum absolute atomic E-state index is 0.188. The van der Waals surface area contributed by atoms with Crippen LogP contribution < -0.4 is 11.1 Å². The highest BCUT2D eigenvalue weighted by atomic mass is 32.2. The van der Waals surface area contributed by atoms with Gasteiger partial charge in [0.25, 0.3) is 5.91 Å². The maximum atomic E-state index is 13.0. The molecule has 6 nitrogen and oxygen atoms in total. The van der Waals surface area contributed by atoms with Crippen molar-refractivity contribution in [3.63, 3.8) is 0 Å². The molecule has 0 saturated carbocycles. The molecule has 3 rings (SSSR count). The fraction of sp³-hybridized carbons (Fsp3) is 0.318. The standard InChI is InChI=1S/C22H26N4O2S2/c1-12(2)16-7-6-8-17(10-16)26-13(3)9-18(15(26)5)20(28)25-22-24-14(4)21(30-22)29-11-19(23)27/h6-10,12H,11H2,1-5H3,(H2,23,27)(H,24,25,28). The lowest BCUT2D eigenvalue weighted by atomic mass is 10.0. The molecule has 3 N–H and O–H groups in total. The van der Waals surface area contributed by atoms with Crippen molar-refractivity contribution in [2.75, 3.05) is 11.1 Å². The number of nitrogens with one attached hydrogen (secondary N) is 1. The predicted octanol–water partition coefficient (Wildman–Crippen LogP) is 4.81. The van der Waals surface area contributed by atoms with E-state index in [0.29, 0.717) is 16.6 Å². The van der Waals surface area contributed by atoms with E-state index in [1.165, 1.54) is 28.7 Å². The minimum Gasteiger partial charge on any atom is -0.369 e. The molecule has 2 aromatic heterocycles. The van der Waals surface area contributed by atoms with Crippen LogP contribution in [0, 0.1) is 20.8 Å². The lowest BCUT2D eigenvalue weighted by molar-refractivity contribution is -0.115. The van der Waals surface area contributed by atoms with Gasteiger partial charge in [-0.15, -0.1) is 11.8 Å². The van der Waals surface area contributed by atoms with Gasteiger partial charge in [-0.05, 0) is 50.5 Å². The molecule has 0 aliphatic heterocycles. The zero-order valence-corrected chi connectivity index (χ0v) is 19.4. The number of carbonyl (C=O) groups is 2. The van der Waals surface area contributed by atoms with E-state index >= 15 is 0 Å². The lowest BCUT2D eigenvalue weighted by Crippen LogP contribution is -2.13. The number of benzene rings is 1. The van der Waals surface area contributed by atoms with Crippen molar-refractivity contribution in [3.8, 4) is 5.69 Å². The molecule has 0 unspecified atom stereocenters. The average molecular weight is 443 g/mol. The van der Waals surface area contributed by atoms with E-state index in [2.05, 4.69) is 46.9 Å². The topological polar surface area (TPSA) is 90.0 Å². The Morgan fingerprint density at radius 2 is 1.97 bits per heavy atom. The van der Waals surface area contributed by atoms with E-state index in [1.807, 2.05) is 32.9 Å². The highest BCUT2D eigenvalue weighted by molar-refractivity contribution is 8.01. The Morgan fingerprint density at radius 1 is 1.23 bits per heavy atom.